The Morgan fingerprint density at radius 1 is 0.962 bits per heavy atom. The molecule has 144 valence electrons. The number of fused-ring (bicyclic) bond motifs is 5. The number of hydrogen-bond donors (Lipinski definition) is 0. The van der Waals surface area contributed by atoms with E-state index in [9.17, 15) is 0 Å². The second-order valence-electron chi connectivity index (χ2n) is 12.1. The van der Waals surface area contributed by atoms with Crippen molar-refractivity contribution in [2.24, 2.45) is 39.9 Å². The van der Waals surface area contributed by atoms with E-state index in [-0.39, 0.29) is 0 Å². The third-order valence-electron chi connectivity index (χ3n) is 10.1. The molecule has 0 amide bonds. The molecule has 4 fully saturated rings. The molecule has 0 N–H and O–H groups in total. The summed E-state index contributed by atoms with van der Waals surface area (Å²) in [6.45, 7) is 12.9. The third-order valence-corrected chi connectivity index (χ3v) is 10.1. The monoisotopic (exact) mass is 352 g/mol. The smallest absolute Gasteiger partial charge is 0.00849 e. The topological polar surface area (TPSA) is 0 Å². The maximum atomic E-state index is 2.80. The van der Waals surface area contributed by atoms with Gasteiger partial charge in [0.15, 0.2) is 0 Å². The first kappa shape index (κ1) is 17.6. The fourth-order valence-electron chi connectivity index (χ4n) is 8.32. The van der Waals surface area contributed by atoms with Gasteiger partial charge in [-0.3, -0.25) is 0 Å². The minimum absolute atomic E-state index is 0.530. The maximum Gasteiger partial charge on any atom is -0.00849 e. The summed E-state index contributed by atoms with van der Waals surface area (Å²) in [4.78, 5) is 0. The lowest BCUT2D eigenvalue weighted by atomic mass is 9.46. The van der Waals surface area contributed by atoms with Gasteiger partial charge in [-0.25, -0.2) is 0 Å². The van der Waals surface area contributed by atoms with Gasteiger partial charge in [0, 0.05) is 0 Å². The Bertz CT molecular complexity index is 670. The molecule has 0 unspecified atom stereocenters. The van der Waals surface area contributed by atoms with Gasteiger partial charge in [-0.05, 0) is 111 Å². The highest BCUT2D eigenvalue weighted by molar-refractivity contribution is 5.33. The van der Waals surface area contributed by atoms with E-state index in [0.29, 0.717) is 16.2 Å². The summed E-state index contributed by atoms with van der Waals surface area (Å²) in [6.07, 6.45) is 17.3. The van der Waals surface area contributed by atoms with Gasteiger partial charge < -0.3 is 0 Å². The number of hydrogen-bond acceptors (Lipinski definition) is 0. The lowest BCUT2D eigenvalue weighted by Crippen LogP contribution is -2.49. The van der Waals surface area contributed by atoms with Gasteiger partial charge >= 0.3 is 0 Å². The molecule has 5 aliphatic rings. The highest BCUT2D eigenvalue weighted by Crippen LogP contribution is 2.67. The molecule has 0 aliphatic heterocycles. The van der Waals surface area contributed by atoms with E-state index in [1.165, 1.54) is 64.2 Å². The van der Waals surface area contributed by atoms with Gasteiger partial charge in [-0.15, -0.1) is 0 Å². The normalized spacial score (nSPS) is 49.0. The van der Waals surface area contributed by atoms with E-state index >= 15 is 0 Å². The van der Waals surface area contributed by atoms with E-state index in [4.69, 9.17) is 0 Å². The van der Waals surface area contributed by atoms with Crippen molar-refractivity contribution in [2.45, 2.75) is 98.8 Å². The molecule has 0 saturated heterocycles. The maximum absolute atomic E-state index is 2.80. The lowest BCUT2D eigenvalue weighted by Gasteiger charge is -2.58. The van der Waals surface area contributed by atoms with Crippen LogP contribution in [0.2, 0.25) is 0 Å². The molecular formula is C26H40. The minimum atomic E-state index is 0.530. The fraction of sp³-hybridized carbons (Fsp3) is 0.846. The van der Waals surface area contributed by atoms with E-state index in [1.54, 1.807) is 0 Å². The summed E-state index contributed by atoms with van der Waals surface area (Å²) in [5.74, 6) is 3.72. The van der Waals surface area contributed by atoms with Crippen LogP contribution in [0, 0.1) is 39.9 Å². The van der Waals surface area contributed by atoms with Crippen LogP contribution in [0.3, 0.4) is 0 Å². The first-order valence-electron chi connectivity index (χ1n) is 11.6. The largest absolute Gasteiger partial charge is 0.0839 e. The molecule has 26 heavy (non-hydrogen) atoms. The van der Waals surface area contributed by atoms with Crippen LogP contribution in [-0.4, -0.2) is 0 Å². The molecule has 0 heteroatoms. The van der Waals surface area contributed by atoms with Crippen LogP contribution in [0.4, 0.5) is 0 Å². The summed E-state index contributed by atoms with van der Waals surface area (Å²) >= 11 is 0. The van der Waals surface area contributed by atoms with E-state index in [2.05, 4.69) is 40.7 Å². The summed E-state index contributed by atoms with van der Waals surface area (Å²) < 4.78 is 0. The Kier molecular flexibility index (Phi) is 3.73. The molecular weight excluding hydrogens is 312 g/mol. The second kappa shape index (κ2) is 5.51. The number of allylic oxidation sites excluding steroid dienone is 4. The molecule has 0 aromatic heterocycles. The Balaban J connectivity index is 1.48. The first-order chi connectivity index (χ1) is 12.2. The Labute approximate surface area is 161 Å². The predicted octanol–water partition coefficient (Wildman–Crippen LogP) is 7.70. The first-order valence-corrected chi connectivity index (χ1v) is 11.6. The highest BCUT2D eigenvalue weighted by atomic mass is 14.6. The van der Waals surface area contributed by atoms with E-state index in [1.807, 2.05) is 16.7 Å². The molecule has 0 radical (unpaired) electrons. The lowest BCUT2D eigenvalue weighted by molar-refractivity contribution is -0.000386. The van der Waals surface area contributed by atoms with Crippen molar-refractivity contribution < 1.29 is 0 Å². The van der Waals surface area contributed by atoms with Crippen molar-refractivity contribution in [1.82, 2.24) is 0 Å². The van der Waals surface area contributed by atoms with Crippen LogP contribution in [0.1, 0.15) is 98.8 Å². The van der Waals surface area contributed by atoms with E-state index < -0.39 is 0 Å². The van der Waals surface area contributed by atoms with Gasteiger partial charge in [0.1, 0.15) is 0 Å². The van der Waals surface area contributed by atoms with Gasteiger partial charge in [0.2, 0.25) is 0 Å². The average molecular weight is 353 g/mol. The SMILES string of the molecule is CC(=C1CC1)[C@H]1CC[C@H]2[C@@H]3CC[C@@H]4CC(C)(C)CC[C@]4(C)C3=CC[C@]12C. The molecule has 0 spiro atoms. The van der Waals surface area contributed by atoms with Gasteiger partial charge in [-0.1, -0.05) is 50.5 Å². The molecule has 6 atom stereocenters. The molecule has 5 aliphatic carbocycles. The molecule has 0 aromatic rings. The van der Waals surface area contributed by atoms with Crippen LogP contribution >= 0.6 is 0 Å². The third kappa shape index (κ3) is 2.39. The van der Waals surface area contributed by atoms with Crippen LogP contribution < -0.4 is 0 Å². The number of rotatable bonds is 1. The zero-order valence-electron chi connectivity index (χ0n) is 18.0. The predicted molar refractivity (Wildman–Crippen MR) is 111 cm³/mol. The second-order valence-corrected chi connectivity index (χ2v) is 12.1. The van der Waals surface area contributed by atoms with Crippen LogP contribution in [0.15, 0.2) is 22.8 Å². The van der Waals surface area contributed by atoms with Crippen molar-refractivity contribution >= 4 is 0 Å². The van der Waals surface area contributed by atoms with Crippen molar-refractivity contribution in [2.75, 3.05) is 0 Å². The van der Waals surface area contributed by atoms with Crippen LogP contribution in [-0.2, 0) is 0 Å². The molecule has 0 heterocycles. The van der Waals surface area contributed by atoms with Crippen molar-refractivity contribution in [3.63, 3.8) is 0 Å². The van der Waals surface area contributed by atoms with Crippen LogP contribution in [0.25, 0.3) is 0 Å². The zero-order valence-corrected chi connectivity index (χ0v) is 18.0. The van der Waals surface area contributed by atoms with Gasteiger partial charge in [0.05, 0.1) is 0 Å². The van der Waals surface area contributed by atoms with Crippen molar-refractivity contribution in [3.8, 4) is 0 Å². The fourth-order valence-corrected chi connectivity index (χ4v) is 8.32. The van der Waals surface area contributed by atoms with Gasteiger partial charge in [0.25, 0.3) is 0 Å². The summed E-state index contributed by atoms with van der Waals surface area (Å²) in [6, 6.07) is 0. The molecule has 4 saturated carbocycles. The molecule has 5 rings (SSSR count). The quantitative estimate of drug-likeness (QED) is 0.424. The van der Waals surface area contributed by atoms with Crippen LogP contribution in [0.5, 0.6) is 0 Å². The van der Waals surface area contributed by atoms with Gasteiger partial charge in [-0.2, -0.15) is 0 Å². The Hall–Kier alpha value is -0.520. The Morgan fingerprint density at radius 3 is 2.46 bits per heavy atom. The highest BCUT2D eigenvalue weighted by Gasteiger charge is 2.58. The van der Waals surface area contributed by atoms with E-state index in [0.717, 1.165) is 23.7 Å². The van der Waals surface area contributed by atoms with Crippen molar-refractivity contribution in [3.05, 3.63) is 22.8 Å². The zero-order chi connectivity index (χ0) is 18.3. The molecule has 0 aromatic carbocycles. The Morgan fingerprint density at radius 2 is 1.73 bits per heavy atom. The summed E-state index contributed by atoms with van der Waals surface area (Å²) in [5, 5.41) is 0. The van der Waals surface area contributed by atoms with Crippen molar-refractivity contribution in [1.29, 1.82) is 0 Å². The average Bonchev–Trinajstić information content (AvgIpc) is 3.36. The molecule has 0 nitrogen and oxygen atoms in total. The summed E-state index contributed by atoms with van der Waals surface area (Å²) in [7, 11) is 0. The molecule has 0 bridgehead atoms. The summed E-state index contributed by atoms with van der Waals surface area (Å²) in [5.41, 5.74) is 7.23. The minimum Gasteiger partial charge on any atom is -0.0839 e. The standard InChI is InChI=1S/C26H40/c1-17(18-6-7-18)21-10-11-22-20-9-8-19-16-24(2,3)14-15-25(19,4)23(20)12-13-26(21,22)5/h12,19-22H,6-11,13-16H2,1-5H3/t19-,20+,21-,22+,25+,26-/m1/s1.